The van der Waals surface area contributed by atoms with Gasteiger partial charge in [-0.15, -0.1) is 0 Å². The summed E-state index contributed by atoms with van der Waals surface area (Å²) in [6.45, 7) is 0. The Balaban J connectivity index is 2.35. The fraction of sp³-hybridized carbons (Fsp3) is 0.250. The van der Waals surface area contributed by atoms with Gasteiger partial charge in [-0.3, -0.25) is 0 Å². The third-order valence-electron chi connectivity index (χ3n) is 1.83. The highest BCUT2D eigenvalue weighted by Crippen LogP contribution is 2.32. The Morgan fingerprint density at radius 2 is 2.06 bits per heavy atom. The Morgan fingerprint density at radius 3 is 2.61 bits per heavy atom. The van der Waals surface area contributed by atoms with E-state index in [1.165, 1.54) is 11.0 Å². The zero-order valence-electron chi connectivity index (χ0n) is 8.81. The summed E-state index contributed by atoms with van der Waals surface area (Å²) < 4.78 is 39.0. The molecule has 0 aliphatic rings. The van der Waals surface area contributed by atoms with E-state index in [0.717, 1.165) is 17.8 Å². The lowest BCUT2D eigenvalue weighted by molar-refractivity contribution is -0.141. The van der Waals surface area contributed by atoms with Crippen LogP contribution in [0.1, 0.15) is 5.69 Å². The minimum atomic E-state index is -4.57. The first-order valence-electron chi connectivity index (χ1n) is 4.50. The maximum Gasteiger partial charge on any atom is 0.433 e. The number of nitrogens with zero attached hydrogens (tertiary/aromatic N) is 5. The fourth-order valence-corrected chi connectivity index (χ4v) is 2.07. The second-order valence-electron chi connectivity index (χ2n) is 3.13. The molecule has 0 saturated carbocycles. The van der Waals surface area contributed by atoms with Crippen LogP contribution in [0.15, 0.2) is 22.6 Å². The molecule has 0 fully saturated rings. The van der Waals surface area contributed by atoms with Gasteiger partial charge in [-0.1, -0.05) is 0 Å². The van der Waals surface area contributed by atoms with Crippen molar-refractivity contribution in [3.05, 3.63) is 23.4 Å². The molecule has 0 aliphatic carbocycles. The van der Waals surface area contributed by atoms with Crippen LogP contribution in [-0.2, 0) is 13.2 Å². The molecular weight excluding hydrogens is 291 g/mol. The van der Waals surface area contributed by atoms with E-state index >= 15 is 0 Å². The highest BCUT2D eigenvalue weighted by molar-refractivity contribution is 7.99. The first-order valence-corrected chi connectivity index (χ1v) is 5.69. The quantitative estimate of drug-likeness (QED) is 0.629. The van der Waals surface area contributed by atoms with Crippen molar-refractivity contribution in [3.63, 3.8) is 0 Å². The van der Waals surface area contributed by atoms with Crippen LogP contribution in [0.3, 0.4) is 0 Å². The summed E-state index contributed by atoms with van der Waals surface area (Å²) in [7, 11) is 1.61. The van der Waals surface area contributed by atoms with Crippen molar-refractivity contribution in [1.29, 1.82) is 0 Å². The molecule has 0 amide bonds. The normalized spacial score (nSPS) is 11.8. The molecule has 0 N–H and O–H groups in total. The second kappa shape index (κ2) is 4.73. The Morgan fingerprint density at radius 1 is 1.33 bits per heavy atom. The van der Waals surface area contributed by atoms with Crippen molar-refractivity contribution >= 4 is 23.4 Å². The Bertz CT molecular complexity index is 570. The maximum absolute atomic E-state index is 12.5. The lowest BCUT2D eigenvalue weighted by atomic mass is 10.4. The van der Waals surface area contributed by atoms with Crippen molar-refractivity contribution in [1.82, 2.24) is 24.7 Å². The number of hydrogen-bond acceptors (Lipinski definition) is 5. The highest BCUT2D eigenvalue weighted by atomic mass is 35.5. The van der Waals surface area contributed by atoms with Crippen molar-refractivity contribution in [2.45, 2.75) is 16.4 Å². The summed E-state index contributed by atoms with van der Waals surface area (Å²) in [4.78, 5) is 10.7. The zero-order valence-corrected chi connectivity index (χ0v) is 10.4. The van der Waals surface area contributed by atoms with Gasteiger partial charge in [-0.25, -0.2) is 19.6 Å². The SMILES string of the molecule is Cn1ncnc1Sc1cc(C(F)(F)F)nc(Cl)n1. The summed E-state index contributed by atoms with van der Waals surface area (Å²) in [6.07, 6.45) is -3.28. The lowest BCUT2D eigenvalue weighted by Crippen LogP contribution is -2.09. The van der Waals surface area contributed by atoms with Crippen molar-refractivity contribution in [2.24, 2.45) is 7.05 Å². The number of aryl methyl sites for hydroxylation is 1. The minimum absolute atomic E-state index is 0.0541. The first kappa shape index (κ1) is 13.1. The molecule has 0 aliphatic heterocycles. The van der Waals surface area contributed by atoms with Gasteiger partial charge in [0.1, 0.15) is 11.4 Å². The van der Waals surface area contributed by atoms with Crippen molar-refractivity contribution in [3.8, 4) is 0 Å². The molecule has 5 nitrogen and oxygen atoms in total. The number of rotatable bonds is 2. The van der Waals surface area contributed by atoms with Crippen LogP contribution in [0.5, 0.6) is 0 Å². The largest absolute Gasteiger partial charge is 0.433 e. The van der Waals surface area contributed by atoms with Crippen molar-refractivity contribution in [2.75, 3.05) is 0 Å². The Kier molecular flexibility index (Phi) is 3.44. The lowest BCUT2D eigenvalue weighted by Gasteiger charge is -2.07. The number of hydrogen-bond donors (Lipinski definition) is 0. The molecular formula is C8H5ClF3N5S. The summed E-state index contributed by atoms with van der Waals surface area (Å²) in [5, 5.41) is 3.78. The number of aromatic nitrogens is 5. The van der Waals surface area contributed by atoms with Crippen LogP contribution in [0, 0.1) is 0 Å². The minimum Gasteiger partial charge on any atom is -0.244 e. The fourth-order valence-electron chi connectivity index (χ4n) is 1.07. The molecule has 0 unspecified atom stereocenters. The number of halogens is 4. The van der Waals surface area contributed by atoms with Gasteiger partial charge in [-0.2, -0.15) is 18.3 Å². The highest BCUT2D eigenvalue weighted by Gasteiger charge is 2.33. The molecule has 0 saturated heterocycles. The Hall–Kier alpha value is -1.35. The van der Waals surface area contributed by atoms with Crippen LogP contribution < -0.4 is 0 Å². The molecule has 0 radical (unpaired) electrons. The summed E-state index contributed by atoms with van der Waals surface area (Å²) >= 11 is 6.38. The van der Waals surface area contributed by atoms with E-state index in [9.17, 15) is 13.2 Å². The van der Waals surface area contributed by atoms with Crippen LogP contribution in [0.2, 0.25) is 5.28 Å². The third kappa shape index (κ3) is 2.91. The topological polar surface area (TPSA) is 56.5 Å². The van der Waals surface area contributed by atoms with E-state index in [2.05, 4.69) is 20.1 Å². The smallest absolute Gasteiger partial charge is 0.244 e. The van der Waals surface area contributed by atoms with Gasteiger partial charge in [0.2, 0.25) is 5.28 Å². The van der Waals surface area contributed by atoms with E-state index in [0.29, 0.717) is 5.16 Å². The average molecular weight is 296 g/mol. The molecule has 2 aromatic heterocycles. The van der Waals surface area contributed by atoms with E-state index < -0.39 is 17.2 Å². The van der Waals surface area contributed by atoms with Gasteiger partial charge < -0.3 is 0 Å². The third-order valence-corrected chi connectivity index (χ3v) is 2.97. The molecule has 96 valence electrons. The van der Waals surface area contributed by atoms with Crippen molar-refractivity contribution < 1.29 is 13.2 Å². The summed E-state index contributed by atoms with van der Waals surface area (Å²) in [6, 6.07) is 0.811. The summed E-state index contributed by atoms with van der Waals surface area (Å²) in [5.74, 6) is 0. The molecule has 10 heteroatoms. The molecule has 0 bridgehead atoms. The van der Waals surface area contributed by atoms with Crippen LogP contribution in [0.4, 0.5) is 13.2 Å². The molecule has 2 rings (SSSR count). The Labute approximate surface area is 108 Å². The standard InChI is InChI=1S/C8H5ClF3N5S/c1-17-7(13-3-14-17)18-5-2-4(8(10,11)12)15-6(9)16-5/h2-3H,1H3. The predicted octanol–water partition coefficient (Wildman–Crippen LogP) is 2.43. The molecule has 0 spiro atoms. The molecule has 2 heterocycles. The predicted molar refractivity (Wildman–Crippen MR) is 57.2 cm³/mol. The van der Waals surface area contributed by atoms with Gasteiger partial charge in [0, 0.05) is 13.1 Å². The summed E-state index contributed by atoms with van der Waals surface area (Å²) in [5.41, 5.74) is -1.09. The van der Waals surface area contributed by atoms with Gasteiger partial charge in [0.05, 0.1) is 0 Å². The monoisotopic (exact) mass is 295 g/mol. The van der Waals surface area contributed by atoms with Gasteiger partial charge >= 0.3 is 6.18 Å². The van der Waals surface area contributed by atoms with Crippen LogP contribution >= 0.6 is 23.4 Å². The molecule has 0 atom stereocenters. The maximum atomic E-state index is 12.5. The zero-order chi connectivity index (χ0) is 13.3. The van der Waals surface area contributed by atoms with Crippen LogP contribution in [0.25, 0.3) is 0 Å². The van der Waals surface area contributed by atoms with E-state index in [4.69, 9.17) is 11.6 Å². The van der Waals surface area contributed by atoms with Gasteiger partial charge in [0.25, 0.3) is 0 Å². The van der Waals surface area contributed by atoms with Gasteiger partial charge in [-0.05, 0) is 23.4 Å². The number of alkyl halides is 3. The second-order valence-corrected chi connectivity index (χ2v) is 4.45. The molecule has 18 heavy (non-hydrogen) atoms. The molecule has 2 aromatic rings. The average Bonchev–Trinajstić information content (AvgIpc) is 2.62. The van der Waals surface area contributed by atoms with Crippen LogP contribution in [-0.4, -0.2) is 24.7 Å². The first-order chi connectivity index (χ1) is 8.36. The van der Waals surface area contributed by atoms with E-state index in [1.807, 2.05) is 0 Å². The van der Waals surface area contributed by atoms with E-state index in [1.54, 1.807) is 7.05 Å². The van der Waals surface area contributed by atoms with Gasteiger partial charge in [0.15, 0.2) is 10.9 Å². The molecule has 0 aromatic carbocycles. The van der Waals surface area contributed by atoms with E-state index in [-0.39, 0.29) is 5.03 Å².